The topological polar surface area (TPSA) is 164 Å². The van der Waals surface area contributed by atoms with E-state index < -0.39 is 71.0 Å². The van der Waals surface area contributed by atoms with Crippen LogP contribution < -0.4 is 10.6 Å². The van der Waals surface area contributed by atoms with Gasteiger partial charge in [-0.3, -0.25) is 14.5 Å². The Balaban J connectivity index is 1.37. The zero-order valence-corrected chi connectivity index (χ0v) is 25.5. The second-order valence-corrected chi connectivity index (χ2v) is 12.9. The van der Waals surface area contributed by atoms with E-state index in [1.807, 2.05) is 0 Å². The molecule has 14 heteroatoms. The second-order valence-electron chi connectivity index (χ2n) is 12.9. The first kappa shape index (κ1) is 32.2. The quantitative estimate of drug-likeness (QED) is 0.426. The molecule has 0 aromatic heterocycles. The van der Waals surface area contributed by atoms with Gasteiger partial charge in [-0.25, -0.2) is 18.8 Å². The highest BCUT2D eigenvalue weighted by Gasteiger charge is 2.61. The van der Waals surface area contributed by atoms with Crippen molar-refractivity contribution in [3.05, 3.63) is 47.3 Å². The van der Waals surface area contributed by atoms with Crippen molar-refractivity contribution in [2.24, 2.45) is 5.92 Å². The van der Waals surface area contributed by atoms with E-state index in [1.165, 1.54) is 15.9 Å². The third-order valence-electron chi connectivity index (χ3n) is 8.40. The van der Waals surface area contributed by atoms with Crippen LogP contribution in [0.5, 0.6) is 0 Å². The van der Waals surface area contributed by atoms with Crippen molar-refractivity contribution >= 4 is 30.0 Å². The zero-order valence-electron chi connectivity index (χ0n) is 25.5. The third-order valence-corrected chi connectivity index (χ3v) is 8.40. The van der Waals surface area contributed by atoms with E-state index in [2.05, 4.69) is 10.6 Å². The molecular weight excluding hydrogens is 591 g/mol. The summed E-state index contributed by atoms with van der Waals surface area (Å²) in [4.78, 5) is 68.3. The number of amides is 4. The predicted molar refractivity (Wildman–Crippen MR) is 155 cm³/mol. The normalized spacial score (nSPS) is 28.5. The Morgan fingerprint density at radius 2 is 1.98 bits per heavy atom. The molecule has 3 heterocycles. The number of fused-ring (bicyclic) bond motifs is 3. The summed E-state index contributed by atoms with van der Waals surface area (Å²) in [6.45, 7) is 5.51. The van der Waals surface area contributed by atoms with Crippen LogP contribution >= 0.6 is 0 Å². The molecule has 2 fully saturated rings. The van der Waals surface area contributed by atoms with Crippen molar-refractivity contribution in [3.8, 4) is 0 Å². The minimum Gasteiger partial charge on any atom is -0.479 e. The van der Waals surface area contributed by atoms with Crippen LogP contribution in [0.25, 0.3) is 0 Å². The summed E-state index contributed by atoms with van der Waals surface area (Å²) in [7, 11) is 0. The van der Waals surface area contributed by atoms with Gasteiger partial charge in [0.15, 0.2) is 0 Å². The van der Waals surface area contributed by atoms with Crippen LogP contribution in [0, 0.1) is 11.7 Å². The van der Waals surface area contributed by atoms with Crippen LogP contribution in [-0.4, -0.2) is 94.0 Å². The lowest BCUT2D eigenvalue weighted by Gasteiger charge is -2.30. The molecule has 3 N–H and O–H groups in total. The van der Waals surface area contributed by atoms with Gasteiger partial charge in [-0.2, -0.15) is 0 Å². The van der Waals surface area contributed by atoms with Crippen molar-refractivity contribution in [2.75, 3.05) is 19.8 Å². The number of halogens is 1. The number of ether oxygens (including phenoxy) is 3. The van der Waals surface area contributed by atoms with Crippen molar-refractivity contribution in [3.63, 3.8) is 0 Å². The van der Waals surface area contributed by atoms with Gasteiger partial charge in [-0.15, -0.1) is 0 Å². The van der Waals surface area contributed by atoms with Crippen LogP contribution in [0.4, 0.5) is 14.0 Å². The Hall–Kier alpha value is -4.20. The number of benzene rings is 1. The van der Waals surface area contributed by atoms with Crippen molar-refractivity contribution in [1.82, 2.24) is 20.4 Å². The van der Waals surface area contributed by atoms with Gasteiger partial charge < -0.3 is 34.9 Å². The van der Waals surface area contributed by atoms with Gasteiger partial charge in [0.05, 0.1) is 19.7 Å². The molecule has 45 heavy (non-hydrogen) atoms. The summed E-state index contributed by atoms with van der Waals surface area (Å²) >= 11 is 0. The maximum absolute atomic E-state index is 14.3. The van der Waals surface area contributed by atoms with E-state index in [1.54, 1.807) is 45.1 Å². The highest BCUT2D eigenvalue weighted by molar-refractivity contribution is 5.96. The highest BCUT2D eigenvalue weighted by atomic mass is 19.1. The molecule has 5 rings (SSSR count). The lowest BCUT2D eigenvalue weighted by Crippen LogP contribution is -2.56. The van der Waals surface area contributed by atoms with Gasteiger partial charge in [0, 0.05) is 31.1 Å². The number of hydrogen-bond donors (Lipinski definition) is 3. The smallest absolute Gasteiger partial charge is 0.410 e. The van der Waals surface area contributed by atoms with Crippen molar-refractivity contribution in [2.45, 2.75) is 88.9 Å². The highest BCUT2D eigenvalue weighted by Crippen LogP contribution is 2.45. The van der Waals surface area contributed by atoms with E-state index in [0.29, 0.717) is 17.5 Å². The average molecular weight is 631 g/mol. The standard InChI is InChI=1S/C31H39FN4O9/c1-30(2,3)45-28(41)33-23-10-6-12-43-11-5-8-19-14-31(19,27(39)40)34-25(37)24-13-20(16-36(24)26(23)38)44-29(42)35-15-18-7-4-9-22(32)21(18)17-35/h4-5,7-9,19-20,23-24H,6,10-17H2,1-3H3,(H,33,41)(H,34,37)(H,39,40). The summed E-state index contributed by atoms with van der Waals surface area (Å²) < 4.78 is 31.0. The molecule has 0 radical (unpaired) electrons. The first-order valence-electron chi connectivity index (χ1n) is 15.1. The first-order valence-corrected chi connectivity index (χ1v) is 15.1. The number of aliphatic carboxylic acids is 1. The Bertz CT molecular complexity index is 1400. The van der Waals surface area contributed by atoms with Gasteiger partial charge in [0.1, 0.15) is 35.1 Å². The molecule has 1 aromatic rings. The molecule has 0 bridgehead atoms. The molecule has 244 valence electrons. The minimum absolute atomic E-state index is 0.0140. The number of carbonyl (C=O) groups excluding carboxylic acids is 4. The fourth-order valence-corrected chi connectivity index (χ4v) is 6.04. The molecular formula is C31H39FN4O9. The minimum atomic E-state index is -1.54. The Kier molecular flexibility index (Phi) is 9.06. The van der Waals surface area contributed by atoms with Gasteiger partial charge in [0.2, 0.25) is 11.8 Å². The van der Waals surface area contributed by atoms with Gasteiger partial charge in [0.25, 0.3) is 0 Å². The molecule has 5 unspecified atom stereocenters. The molecule has 3 aliphatic heterocycles. The van der Waals surface area contributed by atoms with E-state index in [4.69, 9.17) is 14.2 Å². The average Bonchev–Trinajstić information content (AvgIpc) is 3.27. The number of alkyl carbamates (subject to hydrolysis) is 1. The SMILES string of the molecule is CC(C)(C)OC(=O)NC1CCCOCC=CC2CC2(C(=O)O)NC(=O)C2CC(OC(=O)N3Cc4cccc(F)c4C3)CN2C1=O. The lowest BCUT2D eigenvalue weighted by molar-refractivity contribution is -0.145. The number of carboxylic acid groups (broad SMARTS) is 1. The van der Waals surface area contributed by atoms with E-state index >= 15 is 0 Å². The molecule has 13 nitrogen and oxygen atoms in total. The number of carbonyl (C=O) groups is 5. The molecule has 4 aliphatic rings. The number of rotatable bonds is 3. The van der Waals surface area contributed by atoms with E-state index in [0.717, 1.165) is 0 Å². The van der Waals surface area contributed by atoms with Crippen LogP contribution in [0.15, 0.2) is 30.4 Å². The summed E-state index contributed by atoms with van der Waals surface area (Å²) in [5.41, 5.74) is -1.32. The third kappa shape index (κ3) is 7.21. The zero-order chi connectivity index (χ0) is 32.5. The number of nitrogens with one attached hydrogen (secondary N) is 2. The Morgan fingerprint density at radius 1 is 1.20 bits per heavy atom. The van der Waals surface area contributed by atoms with Crippen molar-refractivity contribution < 1.29 is 47.7 Å². The van der Waals surface area contributed by atoms with E-state index in [-0.39, 0.29) is 52.1 Å². The number of hydrogen-bond acceptors (Lipinski definition) is 8. The van der Waals surface area contributed by atoms with Crippen LogP contribution in [-0.2, 0) is 41.7 Å². The largest absolute Gasteiger partial charge is 0.479 e. The molecule has 1 aromatic carbocycles. The molecule has 1 aliphatic carbocycles. The molecule has 0 spiro atoms. The summed E-state index contributed by atoms with van der Waals surface area (Å²) in [6, 6.07) is 2.31. The number of carboxylic acids is 1. The summed E-state index contributed by atoms with van der Waals surface area (Å²) in [5.74, 6) is -3.42. The second kappa shape index (κ2) is 12.7. The van der Waals surface area contributed by atoms with Crippen LogP contribution in [0.3, 0.4) is 0 Å². The lowest BCUT2D eigenvalue weighted by atomic mass is 10.1. The summed E-state index contributed by atoms with van der Waals surface area (Å²) in [5, 5.41) is 15.2. The fourth-order valence-electron chi connectivity index (χ4n) is 6.04. The maximum atomic E-state index is 14.3. The van der Waals surface area contributed by atoms with Gasteiger partial charge >= 0.3 is 18.2 Å². The monoisotopic (exact) mass is 630 g/mol. The van der Waals surface area contributed by atoms with Crippen molar-refractivity contribution in [1.29, 1.82) is 0 Å². The molecule has 5 atom stereocenters. The number of nitrogens with zero attached hydrogens (tertiary/aromatic N) is 2. The van der Waals surface area contributed by atoms with Crippen LogP contribution in [0.2, 0.25) is 0 Å². The molecule has 1 saturated carbocycles. The Morgan fingerprint density at radius 3 is 2.69 bits per heavy atom. The summed E-state index contributed by atoms with van der Waals surface area (Å²) in [6.07, 6.45) is 1.52. The van der Waals surface area contributed by atoms with Crippen LogP contribution in [0.1, 0.15) is 57.6 Å². The molecule has 4 amide bonds. The van der Waals surface area contributed by atoms with Gasteiger partial charge in [-0.05, 0) is 51.7 Å². The van der Waals surface area contributed by atoms with Gasteiger partial charge in [-0.1, -0.05) is 24.3 Å². The maximum Gasteiger partial charge on any atom is 0.410 e. The predicted octanol–water partition coefficient (Wildman–Crippen LogP) is 2.47. The first-order chi connectivity index (χ1) is 21.3. The fraction of sp³-hybridized carbons (Fsp3) is 0.581. The van der Waals surface area contributed by atoms with E-state index in [9.17, 15) is 33.5 Å². The molecule has 1 saturated heterocycles. The Labute approximate surface area is 260 Å².